The lowest BCUT2D eigenvalue weighted by molar-refractivity contribution is -0.130. The lowest BCUT2D eigenvalue weighted by Crippen LogP contribution is -2.39. The second-order valence-electron chi connectivity index (χ2n) is 7.88. The predicted molar refractivity (Wildman–Crippen MR) is 104 cm³/mol. The summed E-state index contributed by atoms with van der Waals surface area (Å²) in [4.78, 5) is 21.8. The molecule has 0 radical (unpaired) electrons. The predicted octanol–water partition coefficient (Wildman–Crippen LogP) is 3.16. The third kappa shape index (κ3) is 4.95. The smallest absolute Gasteiger partial charge is 0.245 e. The zero-order valence-electron chi connectivity index (χ0n) is 16.8. The van der Waals surface area contributed by atoms with E-state index in [0.717, 1.165) is 37.2 Å². The zero-order chi connectivity index (χ0) is 19.4. The van der Waals surface area contributed by atoms with Crippen molar-refractivity contribution in [3.05, 3.63) is 47.1 Å². The van der Waals surface area contributed by atoms with Crippen molar-refractivity contribution in [2.75, 3.05) is 26.2 Å². The van der Waals surface area contributed by atoms with Crippen LogP contribution in [0, 0.1) is 19.8 Å². The van der Waals surface area contributed by atoms with Gasteiger partial charge in [0, 0.05) is 26.2 Å². The fraction of sp³-hybridized carbons (Fsp3) is 0.571. The molecule has 146 valence electrons. The number of benzene rings is 1. The number of nitrogens with zero attached hydrogens (tertiary/aromatic N) is 4. The SMILES string of the molecule is Cc1noc([C@@H]2CN(C(=O)Cc3ccccc3C)CCCN2CC(C)C)n1. The molecule has 6 nitrogen and oxygen atoms in total. The molecule has 1 aliphatic rings. The van der Waals surface area contributed by atoms with Gasteiger partial charge >= 0.3 is 0 Å². The van der Waals surface area contributed by atoms with Crippen LogP contribution < -0.4 is 0 Å². The molecule has 0 bridgehead atoms. The van der Waals surface area contributed by atoms with Gasteiger partial charge < -0.3 is 9.42 Å². The Labute approximate surface area is 161 Å². The summed E-state index contributed by atoms with van der Waals surface area (Å²) in [7, 11) is 0. The fourth-order valence-electron chi connectivity index (χ4n) is 3.72. The van der Waals surface area contributed by atoms with Crippen LogP contribution in [0.3, 0.4) is 0 Å². The molecule has 0 unspecified atom stereocenters. The maximum Gasteiger partial charge on any atom is 0.245 e. The van der Waals surface area contributed by atoms with Crippen LogP contribution in [0.5, 0.6) is 0 Å². The second-order valence-corrected chi connectivity index (χ2v) is 7.88. The van der Waals surface area contributed by atoms with Crippen molar-refractivity contribution in [1.82, 2.24) is 19.9 Å². The number of carbonyl (C=O) groups excluding carboxylic acids is 1. The summed E-state index contributed by atoms with van der Waals surface area (Å²) in [6.45, 7) is 11.5. The molecule has 1 aromatic heterocycles. The first-order chi connectivity index (χ1) is 12.9. The highest BCUT2D eigenvalue weighted by Crippen LogP contribution is 2.25. The van der Waals surface area contributed by atoms with Gasteiger partial charge in [0.1, 0.15) is 6.04 Å². The van der Waals surface area contributed by atoms with E-state index in [1.807, 2.05) is 30.0 Å². The molecule has 1 aromatic carbocycles. The lowest BCUT2D eigenvalue weighted by Gasteiger charge is -2.30. The van der Waals surface area contributed by atoms with Gasteiger partial charge in [0.25, 0.3) is 0 Å². The highest BCUT2D eigenvalue weighted by atomic mass is 16.5. The highest BCUT2D eigenvalue weighted by molar-refractivity contribution is 5.79. The Morgan fingerprint density at radius 1 is 1.26 bits per heavy atom. The van der Waals surface area contributed by atoms with Crippen LogP contribution in [0.4, 0.5) is 0 Å². The van der Waals surface area contributed by atoms with Crippen molar-refractivity contribution in [2.45, 2.75) is 46.6 Å². The topological polar surface area (TPSA) is 62.5 Å². The van der Waals surface area contributed by atoms with E-state index in [0.29, 0.717) is 30.6 Å². The van der Waals surface area contributed by atoms with E-state index in [9.17, 15) is 4.79 Å². The molecule has 1 atom stereocenters. The summed E-state index contributed by atoms with van der Waals surface area (Å²) < 4.78 is 5.50. The van der Waals surface area contributed by atoms with Crippen LogP contribution in [0.2, 0.25) is 0 Å². The zero-order valence-corrected chi connectivity index (χ0v) is 16.8. The molecule has 0 N–H and O–H groups in total. The summed E-state index contributed by atoms with van der Waals surface area (Å²) in [6.07, 6.45) is 1.39. The van der Waals surface area contributed by atoms with Gasteiger partial charge in [-0.2, -0.15) is 4.98 Å². The van der Waals surface area contributed by atoms with Crippen LogP contribution in [0.15, 0.2) is 28.8 Å². The number of hydrogen-bond donors (Lipinski definition) is 0. The summed E-state index contributed by atoms with van der Waals surface area (Å²) in [5, 5.41) is 3.97. The average molecular weight is 370 g/mol. The first-order valence-corrected chi connectivity index (χ1v) is 9.80. The van der Waals surface area contributed by atoms with Crippen molar-refractivity contribution in [3.63, 3.8) is 0 Å². The Balaban J connectivity index is 1.78. The van der Waals surface area contributed by atoms with Gasteiger partial charge in [-0.25, -0.2) is 0 Å². The minimum absolute atomic E-state index is 0.0445. The lowest BCUT2D eigenvalue weighted by atomic mass is 10.1. The normalized spacial score (nSPS) is 18.7. The van der Waals surface area contributed by atoms with Crippen LogP contribution in [-0.4, -0.2) is 52.0 Å². The average Bonchev–Trinajstić information content (AvgIpc) is 2.93. The Morgan fingerprint density at radius 2 is 2.04 bits per heavy atom. The Morgan fingerprint density at radius 3 is 2.70 bits per heavy atom. The quantitative estimate of drug-likeness (QED) is 0.809. The monoisotopic (exact) mass is 370 g/mol. The third-order valence-electron chi connectivity index (χ3n) is 5.09. The number of carbonyl (C=O) groups is 1. The minimum atomic E-state index is -0.0445. The summed E-state index contributed by atoms with van der Waals surface area (Å²) in [6, 6.07) is 8.05. The first kappa shape index (κ1) is 19.5. The molecular formula is C21H30N4O2. The Bertz CT molecular complexity index is 771. The maximum absolute atomic E-state index is 13.0. The van der Waals surface area contributed by atoms with E-state index >= 15 is 0 Å². The maximum atomic E-state index is 13.0. The van der Waals surface area contributed by atoms with Gasteiger partial charge in [-0.1, -0.05) is 43.3 Å². The molecule has 27 heavy (non-hydrogen) atoms. The molecule has 1 aliphatic heterocycles. The van der Waals surface area contributed by atoms with Gasteiger partial charge in [0.2, 0.25) is 11.8 Å². The molecular weight excluding hydrogens is 340 g/mol. The molecule has 0 aliphatic carbocycles. The van der Waals surface area contributed by atoms with Crippen molar-refractivity contribution < 1.29 is 9.32 Å². The molecule has 6 heteroatoms. The van der Waals surface area contributed by atoms with Gasteiger partial charge in [0.05, 0.1) is 6.42 Å². The van der Waals surface area contributed by atoms with E-state index < -0.39 is 0 Å². The number of hydrogen-bond acceptors (Lipinski definition) is 5. The van der Waals surface area contributed by atoms with E-state index in [4.69, 9.17) is 4.52 Å². The molecule has 2 aromatic rings. The Hall–Kier alpha value is -2.21. The van der Waals surface area contributed by atoms with Crippen LogP contribution in [0.25, 0.3) is 0 Å². The number of amides is 1. The fourth-order valence-corrected chi connectivity index (χ4v) is 3.72. The van der Waals surface area contributed by atoms with Gasteiger partial charge in [0.15, 0.2) is 5.82 Å². The molecule has 0 spiro atoms. The largest absolute Gasteiger partial charge is 0.340 e. The van der Waals surface area contributed by atoms with Crippen LogP contribution in [0.1, 0.15) is 49.2 Å². The van der Waals surface area contributed by atoms with Gasteiger partial charge in [-0.3, -0.25) is 9.69 Å². The number of aryl methyl sites for hydroxylation is 2. The van der Waals surface area contributed by atoms with Gasteiger partial charge in [-0.05, 0) is 37.3 Å². The summed E-state index contributed by atoms with van der Waals surface area (Å²) >= 11 is 0. The molecule has 2 heterocycles. The highest BCUT2D eigenvalue weighted by Gasteiger charge is 2.32. The molecule has 1 amide bonds. The van der Waals surface area contributed by atoms with E-state index in [2.05, 4.69) is 41.9 Å². The van der Waals surface area contributed by atoms with Crippen LogP contribution in [-0.2, 0) is 11.2 Å². The standard InChI is InChI=1S/C21H30N4O2/c1-15(2)13-24-10-7-11-25(14-19(24)21-22-17(4)23-27-21)20(26)12-18-9-6-5-8-16(18)3/h5-6,8-9,15,19H,7,10-14H2,1-4H3/t19-/m0/s1. The second kappa shape index (κ2) is 8.65. The molecule has 1 saturated heterocycles. The number of aromatic nitrogens is 2. The van der Waals surface area contributed by atoms with Crippen molar-refractivity contribution in [1.29, 1.82) is 0 Å². The molecule has 0 saturated carbocycles. The van der Waals surface area contributed by atoms with E-state index in [-0.39, 0.29) is 11.9 Å². The summed E-state index contributed by atoms with van der Waals surface area (Å²) in [5.74, 6) is 1.95. The Kier molecular flexibility index (Phi) is 6.26. The van der Waals surface area contributed by atoms with Crippen LogP contribution >= 0.6 is 0 Å². The number of rotatable bonds is 5. The van der Waals surface area contributed by atoms with Gasteiger partial charge in [-0.15, -0.1) is 0 Å². The summed E-state index contributed by atoms with van der Waals surface area (Å²) in [5.41, 5.74) is 2.25. The third-order valence-corrected chi connectivity index (χ3v) is 5.09. The molecule has 3 rings (SSSR count). The van der Waals surface area contributed by atoms with Crippen molar-refractivity contribution in [2.24, 2.45) is 5.92 Å². The molecule has 1 fully saturated rings. The first-order valence-electron chi connectivity index (χ1n) is 9.80. The van der Waals surface area contributed by atoms with Crippen molar-refractivity contribution in [3.8, 4) is 0 Å². The van der Waals surface area contributed by atoms with E-state index in [1.54, 1.807) is 0 Å². The van der Waals surface area contributed by atoms with E-state index in [1.165, 1.54) is 0 Å². The minimum Gasteiger partial charge on any atom is -0.340 e. The van der Waals surface area contributed by atoms with Crippen molar-refractivity contribution >= 4 is 5.91 Å².